The zero-order chi connectivity index (χ0) is 44.3. The Bertz CT molecular complexity index is 3100. The molecule has 9 rings (SSSR count). The van der Waals surface area contributed by atoms with Crippen molar-refractivity contribution in [1.29, 1.82) is 0 Å². The fraction of sp³-hybridized carbons (Fsp3) is 0.241. The van der Waals surface area contributed by atoms with Gasteiger partial charge >= 0.3 is 0 Å². The molecule has 0 unspecified atom stereocenters. The zero-order valence-electron chi connectivity index (χ0n) is 38.5. The molecule has 3 heterocycles. The van der Waals surface area contributed by atoms with Crippen LogP contribution in [0.3, 0.4) is 0 Å². The van der Waals surface area contributed by atoms with Gasteiger partial charge in [0.2, 0.25) is 0 Å². The van der Waals surface area contributed by atoms with Crippen LogP contribution in [0.25, 0.3) is 50.1 Å². The predicted octanol–water partition coefficient (Wildman–Crippen LogP) is 14.1. The number of aromatic nitrogens is 4. The van der Waals surface area contributed by atoms with E-state index in [4.69, 9.17) is 9.72 Å². The minimum Gasteiger partial charge on any atom is -0.510 e. The number of hydrogen-bond donors (Lipinski definition) is 0. The van der Waals surface area contributed by atoms with Crippen molar-refractivity contribution in [2.24, 2.45) is 0 Å². The summed E-state index contributed by atoms with van der Waals surface area (Å²) < 4.78 is 13.3. The smallest absolute Gasteiger partial charge is 0.267 e. The van der Waals surface area contributed by atoms with Crippen molar-refractivity contribution < 1.29 is 30.4 Å². The summed E-state index contributed by atoms with van der Waals surface area (Å²) in [6.45, 7) is 22.5. The maximum atomic E-state index is 6.89. The van der Waals surface area contributed by atoms with Crippen molar-refractivity contribution in [3.63, 3.8) is 0 Å². The van der Waals surface area contributed by atoms with E-state index in [1.54, 1.807) is 0 Å². The van der Waals surface area contributed by atoms with Gasteiger partial charge in [-0.2, -0.15) is 12.1 Å². The second-order valence-corrected chi connectivity index (χ2v) is 19.7. The van der Waals surface area contributed by atoms with E-state index in [-0.39, 0.29) is 37.3 Å². The van der Waals surface area contributed by atoms with Gasteiger partial charge in [-0.15, -0.1) is 35.2 Å². The van der Waals surface area contributed by atoms with Crippen molar-refractivity contribution in [2.75, 3.05) is 0 Å². The molecule has 0 saturated heterocycles. The number of hydrogen-bond acceptors (Lipinski definition) is 2. The van der Waals surface area contributed by atoms with Gasteiger partial charge in [-0.3, -0.25) is 4.57 Å². The third kappa shape index (κ3) is 8.51. The Balaban J connectivity index is 0.00000560. The average molecular weight is 1020 g/mol. The minimum absolute atomic E-state index is 0. The standard InChI is InChI=1S/C58H56N4O.Pt/c1-39(2)48-20-14-15-21-49(48)40-32-45(60-37-54(57(6,7)8)61(38-60)44-26-24-41(25-27-44)56(3,4)5)35-47(33-40)63-46-28-29-51-50-22-16-17-23-52(50)62(53(51)36-46)55-34-43(30-31-59-55)58(9,10)42-18-12-11-13-19-42;/h11-34,37,39H,1-10H3;/q-2;. The largest absolute Gasteiger partial charge is 0.510 e. The van der Waals surface area contributed by atoms with Gasteiger partial charge in [-0.05, 0) is 86.0 Å². The molecule has 0 atom stereocenters. The second-order valence-electron chi connectivity index (χ2n) is 19.7. The monoisotopic (exact) mass is 1020 g/mol. The summed E-state index contributed by atoms with van der Waals surface area (Å²) in [6, 6.07) is 56.8. The van der Waals surface area contributed by atoms with Crippen molar-refractivity contribution in [1.82, 2.24) is 14.1 Å². The van der Waals surface area contributed by atoms with Gasteiger partial charge in [0, 0.05) is 55.9 Å². The van der Waals surface area contributed by atoms with Gasteiger partial charge in [0.1, 0.15) is 5.82 Å². The van der Waals surface area contributed by atoms with Crippen molar-refractivity contribution in [3.05, 3.63) is 198 Å². The molecule has 6 heteroatoms. The molecule has 9 aromatic rings. The Morgan fingerprint density at radius 3 is 2.05 bits per heavy atom. The molecule has 0 fully saturated rings. The van der Waals surface area contributed by atoms with Crippen molar-refractivity contribution in [2.45, 2.75) is 91.4 Å². The molecule has 0 bridgehead atoms. The van der Waals surface area contributed by atoms with Crippen LogP contribution >= 0.6 is 0 Å². The Morgan fingerprint density at radius 1 is 0.625 bits per heavy atom. The van der Waals surface area contributed by atoms with Gasteiger partial charge < -0.3 is 13.9 Å². The fourth-order valence-electron chi connectivity index (χ4n) is 8.70. The molecule has 5 nitrogen and oxygen atoms in total. The Kier molecular flexibility index (Phi) is 12.0. The predicted molar refractivity (Wildman–Crippen MR) is 258 cm³/mol. The van der Waals surface area contributed by atoms with Crippen LogP contribution in [0.5, 0.6) is 11.5 Å². The molecule has 0 radical (unpaired) electrons. The fourth-order valence-corrected chi connectivity index (χ4v) is 8.70. The Labute approximate surface area is 393 Å². The van der Waals surface area contributed by atoms with E-state index in [0.717, 1.165) is 55.8 Å². The Morgan fingerprint density at radius 2 is 1.33 bits per heavy atom. The summed E-state index contributed by atoms with van der Waals surface area (Å²) in [6.07, 6.45) is 7.81. The number of benzene rings is 6. The van der Waals surface area contributed by atoms with Crippen LogP contribution in [0.2, 0.25) is 0 Å². The quantitative estimate of drug-likeness (QED) is 0.107. The van der Waals surface area contributed by atoms with E-state index in [9.17, 15) is 0 Å². The molecule has 0 aliphatic rings. The SMILES string of the molecule is CC(C)c1ccccc1-c1cc(Oc2[c-]c3c(cc2)c2ccccc2n3-c2cc(C(C)(C)c3ccccc3)ccn2)[c-]c(-n2[c-][n+](-c3ccc(C(C)(C)C)cc3)c(C(C)(C)C)c2)c1.[Pt]. The van der Waals surface area contributed by atoms with E-state index in [0.29, 0.717) is 17.4 Å². The molecule has 0 amide bonds. The van der Waals surface area contributed by atoms with Crippen LogP contribution in [-0.2, 0) is 37.3 Å². The van der Waals surface area contributed by atoms with Crippen LogP contribution in [0.4, 0.5) is 0 Å². The summed E-state index contributed by atoms with van der Waals surface area (Å²) in [5.41, 5.74) is 11.8. The van der Waals surface area contributed by atoms with Gasteiger partial charge in [0.25, 0.3) is 6.33 Å². The third-order valence-corrected chi connectivity index (χ3v) is 12.4. The minimum atomic E-state index is -0.233. The summed E-state index contributed by atoms with van der Waals surface area (Å²) >= 11 is 0. The average Bonchev–Trinajstić information content (AvgIpc) is 3.87. The molecular weight excluding hydrogens is 964 g/mol. The molecule has 64 heavy (non-hydrogen) atoms. The number of para-hydroxylation sites is 1. The summed E-state index contributed by atoms with van der Waals surface area (Å²) in [5, 5.41) is 2.21. The van der Waals surface area contributed by atoms with Crippen molar-refractivity contribution >= 4 is 21.8 Å². The first-order valence-corrected chi connectivity index (χ1v) is 22.1. The second kappa shape index (κ2) is 17.2. The number of nitrogens with zero attached hydrogens (tertiary/aromatic N) is 4. The van der Waals surface area contributed by atoms with Crippen LogP contribution in [0.15, 0.2) is 152 Å². The van der Waals surface area contributed by atoms with E-state index < -0.39 is 0 Å². The maximum Gasteiger partial charge on any atom is 0.267 e. The first-order chi connectivity index (χ1) is 30.1. The Hall–Kier alpha value is -6.03. The van der Waals surface area contributed by atoms with Crippen LogP contribution < -0.4 is 9.30 Å². The molecular formula is C58H56N4OPt-2. The normalized spacial score (nSPS) is 12.2. The van der Waals surface area contributed by atoms with E-state index in [2.05, 4.69) is 241 Å². The molecule has 326 valence electrons. The number of fused-ring (bicyclic) bond motifs is 3. The molecule has 6 aromatic carbocycles. The topological polar surface area (TPSA) is 35.9 Å². The van der Waals surface area contributed by atoms with Gasteiger partial charge in [0.05, 0.1) is 11.4 Å². The molecule has 0 saturated carbocycles. The summed E-state index contributed by atoms with van der Waals surface area (Å²) in [4.78, 5) is 4.97. The van der Waals surface area contributed by atoms with Gasteiger partial charge in [0.15, 0.2) is 0 Å². The first kappa shape index (κ1) is 44.6. The van der Waals surface area contributed by atoms with Crippen LogP contribution in [0.1, 0.15) is 103 Å². The summed E-state index contributed by atoms with van der Waals surface area (Å²) in [7, 11) is 0. The number of ether oxygens (including phenoxy) is 1. The van der Waals surface area contributed by atoms with E-state index in [1.165, 1.54) is 22.3 Å². The zero-order valence-corrected chi connectivity index (χ0v) is 40.8. The molecule has 0 aliphatic carbocycles. The number of pyridine rings is 1. The number of imidazole rings is 1. The van der Waals surface area contributed by atoms with Crippen LogP contribution in [0, 0.1) is 18.5 Å². The van der Waals surface area contributed by atoms with Gasteiger partial charge in [-0.1, -0.05) is 160 Å². The van der Waals surface area contributed by atoms with Crippen LogP contribution in [-0.4, -0.2) is 14.1 Å². The van der Waals surface area contributed by atoms with E-state index in [1.807, 2.05) is 12.3 Å². The van der Waals surface area contributed by atoms with Crippen molar-refractivity contribution in [3.8, 4) is 39.8 Å². The van der Waals surface area contributed by atoms with E-state index >= 15 is 0 Å². The third-order valence-electron chi connectivity index (χ3n) is 12.4. The molecule has 0 aliphatic heterocycles. The molecule has 0 spiro atoms. The van der Waals surface area contributed by atoms with Gasteiger partial charge in [-0.25, -0.2) is 4.98 Å². The summed E-state index contributed by atoms with van der Waals surface area (Å²) in [5.74, 6) is 2.33. The molecule has 3 aromatic heterocycles. The number of rotatable bonds is 9. The maximum absolute atomic E-state index is 6.89. The molecule has 0 N–H and O–H groups in total. The first-order valence-electron chi connectivity index (χ1n) is 22.1.